The minimum absolute atomic E-state index is 1.10. The van der Waals surface area contributed by atoms with Gasteiger partial charge in [-0.05, 0) is 69.0 Å². The van der Waals surface area contributed by atoms with E-state index in [0.29, 0.717) is 0 Å². The zero-order valence-electron chi connectivity index (χ0n) is 21.6. The van der Waals surface area contributed by atoms with Crippen LogP contribution < -0.4 is 0 Å². The molecule has 0 bridgehead atoms. The molecule has 0 amide bonds. The molecule has 0 aliphatic heterocycles. The SMILES string of the molecule is CCCCC/C=C\c1cc(-c2ccccc2)c(-c2ccccc2)c(-c2ccccc2)c1-c1ccccc1. The molecular weight excluding hydrogens is 444 g/mol. The van der Waals surface area contributed by atoms with Crippen molar-refractivity contribution in [3.05, 3.63) is 139 Å². The fourth-order valence-electron chi connectivity index (χ4n) is 5.12. The van der Waals surface area contributed by atoms with Gasteiger partial charge in [0.1, 0.15) is 0 Å². The molecule has 0 heterocycles. The van der Waals surface area contributed by atoms with Crippen molar-refractivity contribution in [1.29, 1.82) is 0 Å². The third-order valence-corrected chi connectivity index (χ3v) is 6.90. The lowest BCUT2D eigenvalue weighted by atomic mass is 9.80. The fourth-order valence-corrected chi connectivity index (χ4v) is 5.12. The molecule has 0 atom stereocenters. The van der Waals surface area contributed by atoms with E-state index in [1.807, 2.05) is 0 Å². The Balaban J connectivity index is 1.88. The smallest absolute Gasteiger partial charge is 0.00145 e. The molecule has 0 radical (unpaired) electrons. The van der Waals surface area contributed by atoms with Crippen LogP contribution in [0.2, 0.25) is 0 Å². The van der Waals surface area contributed by atoms with Gasteiger partial charge < -0.3 is 0 Å². The second kappa shape index (κ2) is 12.2. The first-order valence-electron chi connectivity index (χ1n) is 13.5. The van der Waals surface area contributed by atoms with E-state index in [1.165, 1.54) is 69.3 Å². The highest BCUT2D eigenvalue weighted by atomic mass is 14.2. The summed E-state index contributed by atoms with van der Waals surface area (Å²) in [5.41, 5.74) is 11.3. The highest BCUT2D eigenvalue weighted by Crippen LogP contribution is 2.47. The fraction of sp³-hybridized carbons (Fsp3) is 0.135. The number of hydrogen-bond donors (Lipinski definition) is 0. The van der Waals surface area contributed by atoms with Crippen LogP contribution in [-0.2, 0) is 0 Å². The summed E-state index contributed by atoms with van der Waals surface area (Å²) in [6, 6.07) is 45.9. The summed E-state index contributed by atoms with van der Waals surface area (Å²) in [5, 5.41) is 0. The Labute approximate surface area is 222 Å². The first-order valence-corrected chi connectivity index (χ1v) is 13.5. The van der Waals surface area contributed by atoms with Crippen molar-refractivity contribution >= 4 is 6.08 Å². The third-order valence-electron chi connectivity index (χ3n) is 6.90. The summed E-state index contributed by atoms with van der Waals surface area (Å²) in [4.78, 5) is 0. The molecule has 182 valence electrons. The largest absolute Gasteiger partial charge is 0.0839 e. The number of hydrogen-bond acceptors (Lipinski definition) is 0. The second-order valence-corrected chi connectivity index (χ2v) is 9.50. The van der Waals surface area contributed by atoms with E-state index in [-0.39, 0.29) is 0 Å². The third kappa shape index (κ3) is 5.65. The van der Waals surface area contributed by atoms with Gasteiger partial charge in [-0.3, -0.25) is 0 Å². The summed E-state index contributed by atoms with van der Waals surface area (Å²) in [6.45, 7) is 2.26. The Morgan fingerprint density at radius 3 is 1.46 bits per heavy atom. The van der Waals surface area contributed by atoms with Gasteiger partial charge in [0.05, 0.1) is 0 Å². The maximum Gasteiger partial charge on any atom is -0.00145 e. The summed E-state index contributed by atoms with van der Waals surface area (Å²) in [5.74, 6) is 0. The summed E-state index contributed by atoms with van der Waals surface area (Å²) < 4.78 is 0. The molecule has 0 spiro atoms. The van der Waals surface area contributed by atoms with Crippen LogP contribution in [0.15, 0.2) is 133 Å². The van der Waals surface area contributed by atoms with Gasteiger partial charge in [-0.1, -0.05) is 153 Å². The van der Waals surface area contributed by atoms with Gasteiger partial charge in [-0.15, -0.1) is 0 Å². The van der Waals surface area contributed by atoms with Crippen molar-refractivity contribution in [2.24, 2.45) is 0 Å². The van der Waals surface area contributed by atoms with E-state index >= 15 is 0 Å². The van der Waals surface area contributed by atoms with E-state index in [4.69, 9.17) is 0 Å². The standard InChI is InChI=1S/C37H34/c1-2-3-4-5-10-27-33-28-34(29-19-11-6-12-20-29)36(31-23-15-8-16-24-31)37(32-25-17-9-18-26-32)35(33)30-21-13-7-14-22-30/h6-28H,2-5H2,1H3/b27-10-. The van der Waals surface area contributed by atoms with Crippen molar-refractivity contribution < 1.29 is 0 Å². The van der Waals surface area contributed by atoms with Crippen LogP contribution in [0, 0.1) is 0 Å². The molecule has 0 saturated carbocycles. The lowest BCUT2D eigenvalue weighted by Gasteiger charge is -2.23. The first kappa shape index (κ1) is 24.5. The maximum atomic E-state index is 2.41. The zero-order valence-corrected chi connectivity index (χ0v) is 21.6. The molecule has 0 nitrogen and oxygen atoms in total. The van der Waals surface area contributed by atoms with Crippen molar-refractivity contribution in [1.82, 2.24) is 0 Å². The Bertz CT molecular complexity index is 1430. The first-order chi connectivity index (χ1) is 18.4. The van der Waals surface area contributed by atoms with Crippen molar-refractivity contribution in [2.45, 2.75) is 32.6 Å². The van der Waals surface area contributed by atoms with E-state index in [1.54, 1.807) is 0 Å². The van der Waals surface area contributed by atoms with Crippen LogP contribution in [-0.4, -0.2) is 0 Å². The molecule has 0 aromatic heterocycles. The minimum Gasteiger partial charge on any atom is -0.0839 e. The van der Waals surface area contributed by atoms with Gasteiger partial charge in [0.25, 0.3) is 0 Å². The summed E-state index contributed by atoms with van der Waals surface area (Å²) in [6.07, 6.45) is 9.56. The molecule has 5 rings (SSSR count). The molecule has 0 aliphatic carbocycles. The molecule has 0 aliphatic rings. The second-order valence-electron chi connectivity index (χ2n) is 9.50. The molecule has 0 N–H and O–H groups in total. The van der Waals surface area contributed by atoms with Crippen molar-refractivity contribution in [3.63, 3.8) is 0 Å². The van der Waals surface area contributed by atoms with Crippen LogP contribution >= 0.6 is 0 Å². The average molecular weight is 479 g/mol. The van der Waals surface area contributed by atoms with Gasteiger partial charge in [0, 0.05) is 0 Å². The van der Waals surface area contributed by atoms with Crippen molar-refractivity contribution in [2.75, 3.05) is 0 Å². The van der Waals surface area contributed by atoms with Crippen LogP contribution in [0.5, 0.6) is 0 Å². The van der Waals surface area contributed by atoms with Crippen LogP contribution in [0.25, 0.3) is 50.6 Å². The van der Waals surface area contributed by atoms with E-state index in [2.05, 4.69) is 146 Å². The van der Waals surface area contributed by atoms with Gasteiger partial charge >= 0.3 is 0 Å². The summed E-state index contributed by atoms with van der Waals surface area (Å²) >= 11 is 0. The Kier molecular flexibility index (Phi) is 8.08. The molecular formula is C37H34. The lowest BCUT2D eigenvalue weighted by molar-refractivity contribution is 0.730. The van der Waals surface area contributed by atoms with Crippen LogP contribution in [0.1, 0.15) is 38.2 Å². The number of allylic oxidation sites excluding steroid dienone is 1. The lowest BCUT2D eigenvalue weighted by Crippen LogP contribution is -1.97. The molecule has 5 aromatic carbocycles. The monoisotopic (exact) mass is 478 g/mol. The van der Waals surface area contributed by atoms with E-state index in [0.717, 1.165) is 6.42 Å². The Hall–Kier alpha value is -4.16. The highest BCUT2D eigenvalue weighted by molar-refractivity contribution is 6.04. The predicted octanol–water partition coefficient (Wildman–Crippen LogP) is 10.9. The van der Waals surface area contributed by atoms with Gasteiger partial charge in [0.2, 0.25) is 0 Å². The number of unbranched alkanes of at least 4 members (excludes halogenated alkanes) is 3. The minimum atomic E-state index is 1.10. The van der Waals surface area contributed by atoms with Crippen LogP contribution in [0.4, 0.5) is 0 Å². The van der Waals surface area contributed by atoms with Crippen molar-refractivity contribution in [3.8, 4) is 44.5 Å². The summed E-state index contributed by atoms with van der Waals surface area (Å²) in [7, 11) is 0. The molecule has 0 fully saturated rings. The predicted molar refractivity (Wildman–Crippen MR) is 161 cm³/mol. The average Bonchev–Trinajstić information content (AvgIpc) is 2.98. The van der Waals surface area contributed by atoms with Gasteiger partial charge in [0.15, 0.2) is 0 Å². The Morgan fingerprint density at radius 1 is 0.486 bits per heavy atom. The maximum absolute atomic E-state index is 2.41. The Morgan fingerprint density at radius 2 is 0.946 bits per heavy atom. The van der Waals surface area contributed by atoms with E-state index < -0.39 is 0 Å². The zero-order chi connectivity index (χ0) is 25.3. The van der Waals surface area contributed by atoms with Crippen LogP contribution in [0.3, 0.4) is 0 Å². The normalized spacial score (nSPS) is 11.2. The topological polar surface area (TPSA) is 0 Å². The molecule has 0 heteroatoms. The van der Waals surface area contributed by atoms with Gasteiger partial charge in [-0.25, -0.2) is 0 Å². The molecule has 0 unspecified atom stereocenters. The van der Waals surface area contributed by atoms with E-state index in [9.17, 15) is 0 Å². The molecule has 37 heavy (non-hydrogen) atoms. The van der Waals surface area contributed by atoms with Gasteiger partial charge in [-0.2, -0.15) is 0 Å². The number of benzene rings is 5. The molecule has 0 saturated heterocycles. The quantitative estimate of drug-likeness (QED) is 0.185. The number of rotatable bonds is 9. The molecule has 5 aromatic rings. The highest BCUT2D eigenvalue weighted by Gasteiger charge is 2.21.